The van der Waals surface area contributed by atoms with E-state index in [9.17, 15) is 20.2 Å². The number of hydrogen-bond acceptors (Lipinski definition) is 7. The summed E-state index contributed by atoms with van der Waals surface area (Å²) in [4.78, 5) is 25.3. The van der Waals surface area contributed by atoms with Gasteiger partial charge in [-0.25, -0.2) is 0 Å². The Morgan fingerprint density at radius 1 is 0.903 bits per heavy atom. The van der Waals surface area contributed by atoms with E-state index in [1.165, 1.54) is 11.1 Å². The average Bonchev–Trinajstić information content (AvgIpc) is 3.40. The van der Waals surface area contributed by atoms with Gasteiger partial charge in [0, 0.05) is 54.8 Å². The van der Waals surface area contributed by atoms with Gasteiger partial charge < -0.3 is 15.1 Å². The molecule has 2 aromatic carbocycles. The third-order valence-corrected chi connectivity index (χ3v) is 6.35. The summed E-state index contributed by atoms with van der Waals surface area (Å²) in [5.74, 6) is 0. The molecule has 164 valence electrons. The molecule has 0 atom stereocenters. The summed E-state index contributed by atoms with van der Waals surface area (Å²) in [5.41, 5.74) is 4.78. The van der Waals surface area contributed by atoms with E-state index in [1.54, 1.807) is 24.3 Å². The van der Waals surface area contributed by atoms with Crippen LogP contribution in [0.15, 0.2) is 36.4 Å². The van der Waals surface area contributed by atoms with E-state index in [4.69, 9.17) is 0 Å². The summed E-state index contributed by atoms with van der Waals surface area (Å²) in [7, 11) is 2.15. The van der Waals surface area contributed by atoms with Crippen LogP contribution in [0.2, 0.25) is 0 Å². The zero-order valence-corrected chi connectivity index (χ0v) is 17.6. The number of nitro groups is 2. The second kappa shape index (κ2) is 8.89. The van der Waals surface area contributed by atoms with E-state index < -0.39 is 0 Å². The first-order chi connectivity index (χ1) is 14.9. The van der Waals surface area contributed by atoms with Gasteiger partial charge in [-0.3, -0.25) is 20.2 Å². The van der Waals surface area contributed by atoms with E-state index in [2.05, 4.69) is 22.2 Å². The number of nitro benzene ring substituents is 2. The van der Waals surface area contributed by atoms with Crippen molar-refractivity contribution < 1.29 is 9.85 Å². The molecule has 1 fully saturated rings. The van der Waals surface area contributed by atoms with Gasteiger partial charge in [-0.15, -0.1) is 0 Å². The van der Waals surface area contributed by atoms with Gasteiger partial charge in [0.2, 0.25) is 0 Å². The highest BCUT2D eigenvalue weighted by atomic mass is 16.6. The van der Waals surface area contributed by atoms with Crippen LogP contribution in [-0.4, -0.2) is 54.0 Å². The molecular weight excluding hydrogens is 398 g/mol. The predicted molar refractivity (Wildman–Crippen MR) is 120 cm³/mol. The monoisotopic (exact) mass is 425 g/mol. The number of fused-ring (bicyclic) bond motifs is 2. The third-order valence-electron chi connectivity index (χ3n) is 6.35. The molecule has 0 radical (unpaired) electrons. The number of rotatable bonds is 3. The van der Waals surface area contributed by atoms with Crippen LogP contribution in [0.5, 0.6) is 0 Å². The fourth-order valence-electron chi connectivity index (χ4n) is 4.58. The van der Waals surface area contributed by atoms with Gasteiger partial charge in [0.15, 0.2) is 0 Å². The standard InChI is InChI=1S/C14H19N3O2.C8H8N2O2/c1-15-7-5-12(6-8-15)16-9-4-11-2-3-13(17(18)19)10-14(11)16;11-10(12)7-2-1-6-3-4-9-8(6)5-7/h2-3,10,12H,4-9H2,1H3;1-2,5,9H,3-4H2. The van der Waals surface area contributed by atoms with Crippen LogP contribution >= 0.6 is 0 Å². The second-order valence-corrected chi connectivity index (χ2v) is 8.32. The molecule has 9 nitrogen and oxygen atoms in total. The topological polar surface area (TPSA) is 105 Å². The molecule has 31 heavy (non-hydrogen) atoms. The quantitative estimate of drug-likeness (QED) is 0.591. The fraction of sp³-hybridized carbons (Fsp3) is 0.455. The normalized spacial score (nSPS) is 17.9. The summed E-state index contributed by atoms with van der Waals surface area (Å²) in [5, 5.41) is 24.4. The molecule has 0 aliphatic carbocycles. The lowest BCUT2D eigenvalue weighted by Gasteiger charge is -2.36. The Labute approximate surface area is 181 Å². The SMILES string of the molecule is CN1CCC(N2CCc3ccc([N+](=O)[O-])cc32)CC1.O=[N+]([O-])c1ccc2c(c1)NCC2. The maximum absolute atomic E-state index is 10.9. The van der Waals surface area contributed by atoms with Crippen molar-refractivity contribution in [2.45, 2.75) is 31.7 Å². The van der Waals surface area contributed by atoms with Crippen LogP contribution < -0.4 is 10.2 Å². The lowest BCUT2D eigenvalue weighted by atomic mass is 10.0. The van der Waals surface area contributed by atoms with Crippen molar-refractivity contribution >= 4 is 22.7 Å². The number of nitrogens with one attached hydrogen (secondary N) is 1. The molecule has 2 aromatic rings. The van der Waals surface area contributed by atoms with Crippen LogP contribution in [0, 0.1) is 20.2 Å². The Kier molecular flexibility index (Phi) is 6.03. The van der Waals surface area contributed by atoms with Crippen molar-refractivity contribution in [1.82, 2.24) is 4.90 Å². The Bertz CT molecular complexity index is 988. The summed E-state index contributed by atoms with van der Waals surface area (Å²) >= 11 is 0. The summed E-state index contributed by atoms with van der Waals surface area (Å²) in [6.07, 6.45) is 4.28. The molecule has 0 spiro atoms. The lowest BCUT2D eigenvalue weighted by molar-refractivity contribution is -0.385. The van der Waals surface area contributed by atoms with Crippen LogP contribution in [0.25, 0.3) is 0 Å². The highest BCUT2D eigenvalue weighted by molar-refractivity contribution is 5.63. The molecule has 1 N–H and O–H groups in total. The first-order valence-electron chi connectivity index (χ1n) is 10.7. The Morgan fingerprint density at radius 2 is 1.55 bits per heavy atom. The number of non-ortho nitro benzene ring substituents is 2. The fourth-order valence-corrected chi connectivity index (χ4v) is 4.58. The van der Waals surface area contributed by atoms with Crippen LogP contribution in [0.1, 0.15) is 24.0 Å². The minimum Gasteiger partial charge on any atom is -0.384 e. The minimum absolute atomic E-state index is 0.156. The predicted octanol–water partition coefficient (Wildman–Crippen LogP) is 3.61. The number of nitrogens with zero attached hydrogens (tertiary/aromatic N) is 4. The smallest absolute Gasteiger partial charge is 0.271 e. The van der Waals surface area contributed by atoms with Crippen molar-refractivity contribution in [2.75, 3.05) is 43.4 Å². The van der Waals surface area contributed by atoms with Gasteiger partial charge in [0.25, 0.3) is 11.4 Å². The minimum atomic E-state index is -0.375. The van der Waals surface area contributed by atoms with Gasteiger partial charge in [-0.1, -0.05) is 12.1 Å². The van der Waals surface area contributed by atoms with Crippen molar-refractivity contribution in [3.8, 4) is 0 Å². The highest BCUT2D eigenvalue weighted by Gasteiger charge is 2.29. The molecule has 3 aliphatic heterocycles. The van der Waals surface area contributed by atoms with E-state index in [0.29, 0.717) is 6.04 Å². The van der Waals surface area contributed by atoms with Gasteiger partial charge in [-0.2, -0.15) is 0 Å². The molecule has 3 aliphatic rings. The summed E-state index contributed by atoms with van der Waals surface area (Å²) in [6.45, 7) is 4.12. The lowest BCUT2D eigenvalue weighted by Crippen LogP contribution is -2.43. The Balaban J connectivity index is 0.000000166. The van der Waals surface area contributed by atoms with Gasteiger partial charge in [-0.05, 0) is 56.9 Å². The Hall–Kier alpha value is -3.20. The summed E-state index contributed by atoms with van der Waals surface area (Å²) < 4.78 is 0. The van der Waals surface area contributed by atoms with Crippen LogP contribution in [0.4, 0.5) is 22.7 Å². The molecule has 9 heteroatoms. The number of benzene rings is 2. The van der Waals surface area contributed by atoms with Gasteiger partial charge >= 0.3 is 0 Å². The molecule has 0 unspecified atom stereocenters. The number of anilines is 2. The van der Waals surface area contributed by atoms with Gasteiger partial charge in [0.1, 0.15) is 0 Å². The van der Waals surface area contributed by atoms with Gasteiger partial charge in [0.05, 0.1) is 9.85 Å². The largest absolute Gasteiger partial charge is 0.384 e. The molecule has 3 heterocycles. The van der Waals surface area contributed by atoms with E-state index in [0.717, 1.165) is 63.2 Å². The zero-order valence-electron chi connectivity index (χ0n) is 17.6. The first-order valence-corrected chi connectivity index (χ1v) is 10.7. The Morgan fingerprint density at radius 3 is 2.23 bits per heavy atom. The van der Waals surface area contributed by atoms with E-state index in [1.807, 2.05) is 12.1 Å². The molecule has 0 amide bonds. The second-order valence-electron chi connectivity index (χ2n) is 8.32. The number of piperidine rings is 1. The van der Waals surface area contributed by atoms with E-state index >= 15 is 0 Å². The van der Waals surface area contributed by atoms with E-state index in [-0.39, 0.29) is 21.2 Å². The average molecular weight is 425 g/mol. The molecule has 0 saturated carbocycles. The number of hydrogen-bond donors (Lipinski definition) is 1. The van der Waals surface area contributed by atoms with Crippen molar-refractivity contribution in [1.29, 1.82) is 0 Å². The third kappa shape index (κ3) is 4.61. The highest BCUT2D eigenvalue weighted by Crippen LogP contribution is 2.35. The van der Waals surface area contributed by atoms with Crippen molar-refractivity contribution in [2.24, 2.45) is 0 Å². The molecular formula is C22H27N5O4. The van der Waals surface area contributed by atoms with Crippen LogP contribution in [0.3, 0.4) is 0 Å². The molecule has 0 bridgehead atoms. The first kappa shape index (κ1) is 21.0. The van der Waals surface area contributed by atoms with Crippen molar-refractivity contribution in [3.63, 3.8) is 0 Å². The maximum Gasteiger partial charge on any atom is 0.271 e. The molecule has 1 saturated heterocycles. The summed E-state index contributed by atoms with van der Waals surface area (Å²) in [6, 6.07) is 10.8. The number of likely N-dealkylation sites (tertiary alicyclic amines) is 1. The zero-order chi connectivity index (χ0) is 22.0. The molecule has 5 rings (SSSR count). The van der Waals surface area contributed by atoms with Crippen LogP contribution in [-0.2, 0) is 12.8 Å². The maximum atomic E-state index is 10.9. The van der Waals surface area contributed by atoms with Crippen molar-refractivity contribution in [3.05, 3.63) is 67.8 Å². The molecule has 0 aromatic heterocycles.